The van der Waals surface area contributed by atoms with Crippen LogP contribution in [0.3, 0.4) is 0 Å². The van der Waals surface area contributed by atoms with Crippen LogP contribution in [0.25, 0.3) is 0 Å². The maximum Gasteiger partial charge on any atom is 0.409 e. The fraction of sp³-hybridized carbons (Fsp3) is 0. The van der Waals surface area contributed by atoms with Crippen molar-refractivity contribution in [3.05, 3.63) is 30.3 Å². The quantitative estimate of drug-likeness (QED) is 0.453. The van der Waals surface area contributed by atoms with Crippen LogP contribution in [0.15, 0.2) is 30.3 Å². The van der Waals surface area contributed by atoms with Gasteiger partial charge in [0.25, 0.3) is 0 Å². The molecule has 13 heavy (non-hydrogen) atoms. The van der Waals surface area contributed by atoms with Gasteiger partial charge in [0.2, 0.25) is 6.08 Å². The van der Waals surface area contributed by atoms with Gasteiger partial charge in [0.05, 0.1) is 0 Å². The molecule has 5 heteroatoms. The van der Waals surface area contributed by atoms with Gasteiger partial charge in [-0.25, -0.2) is 15.0 Å². The summed E-state index contributed by atoms with van der Waals surface area (Å²) in [5.74, 6) is 0. The minimum absolute atomic E-state index is 0.593. The Labute approximate surface area is 74.5 Å². The Morgan fingerprint density at radius 3 is 2.23 bits per heavy atom. The summed E-state index contributed by atoms with van der Waals surface area (Å²) in [6.07, 6.45) is -0.286. The van der Waals surface area contributed by atoms with E-state index in [-0.39, 0.29) is 0 Å². The fourth-order valence-corrected chi connectivity index (χ4v) is 0.645. The SMILES string of the molecule is N=C=O.O=C(O)Nc1ccccc1. The number of isocyanates is 1. The molecule has 0 aliphatic heterocycles. The molecular weight excluding hydrogens is 172 g/mol. The van der Waals surface area contributed by atoms with Gasteiger partial charge in [0.1, 0.15) is 0 Å². The monoisotopic (exact) mass is 180 g/mol. The average molecular weight is 180 g/mol. The number of carboxylic acid groups (broad SMARTS) is 1. The van der Waals surface area contributed by atoms with Gasteiger partial charge < -0.3 is 5.11 Å². The van der Waals surface area contributed by atoms with E-state index in [1.165, 1.54) is 0 Å². The number of benzene rings is 1. The Hall–Kier alpha value is -2.13. The zero-order chi connectivity index (χ0) is 10.1. The smallest absolute Gasteiger partial charge is 0.409 e. The summed E-state index contributed by atoms with van der Waals surface area (Å²) in [6, 6.07) is 8.74. The van der Waals surface area contributed by atoms with Crippen molar-refractivity contribution in [2.45, 2.75) is 0 Å². The van der Waals surface area contributed by atoms with Gasteiger partial charge in [-0.3, -0.25) is 5.32 Å². The van der Waals surface area contributed by atoms with Crippen LogP contribution in [0.1, 0.15) is 0 Å². The Morgan fingerprint density at radius 1 is 1.38 bits per heavy atom. The molecule has 3 N–H and O–H groups in total. The Kier molecular flexibility index (Phi) is 5.50. The third-order valence-corrected chi connectivity index (χ3v) is 1.03. The van der Waals surface area contributed by atoms with Gasteiger partial charge in [-0.2, -0.15) is 0 Å². The lowest BCUT2D eigenvalue weighted by Crippen LogP contribution is -2.06. The minimum Gasteiger partial charge on any atom is -0.465 e. The first-order chi connectivity index (χ1) is 6.20. The first-order valence-corrected chi connectivity index (χ1v) is 3.29. The molecule has 1 aromatic carbocycles. The van der Waals surface area contributed by atoms with Crippen molar-refractivity contribution in [2.75, 3.05) is 5.32 Å². The van der Waals surface area contributed by atoms with Crippen LogP contribution < -0.4 is 5.32 Å². The van der Waals surface area contributed by atoms with E-state index in [0.717, 1.165) is 6.08 Å². The van der Waals surface area contributed by atoms with Crippen LogP contribution in [0.5, 0.6) is 0 Å². The average Bonchev–Trinajstić information content (AvgIpc) is 2.06. The van der Waals surface area contributed by atoms with E-state index in [1.54, 1.807) is 24.3 Å². The second-order valence-electron chi connectivity index (χ2n) is 1.90. The lowest BCUT2D eigenvalue weighted by atomic mass is 10.3. The van der Waals surface area contributed by atoms with Crippen molar-refractivity contribution >= 4 is 17.9 Å². The second-order valence-corrected chi connectivity index (χ2v) is 1.90. The molecule has 0 saturated carbocycles. The first kappa shape index (κ1) is 10.9. The van der Waals surface area contributed by atoms with E-state index in [2.05, 4.69) is 5.32 Å². The zero-order valence-electron chi connectivity index (χ0n) is 6.65. The number of hydrogen-bond acceptors (Lipinski definition) is 3. The number of rotatable bonds is 1. The van der Waals surface area contributed by atoms with Crippen molar-refractivity contribution in [1.82, 2.24) is 0 Å². The van der Waals surface area contributed by atoms with Crippen LogP contribution in [0.4, 0.5) is 10.5 Å². The van der Waals surface area contributed by atoms with Gasteiger partial charge in [0.15, 0.2) is 0 Å². The van der Waals surface area contributed by atoms with E-state index < -0.39 is 6.09 Å². The highest BCUT2D eigenvalue weighted by molar-refractivity contribution is 5.82. The Balaban J connectivity index is 0.000000424. The van der Waals surface area contributed by atoms with Gasteiger partial charge >= 0.3 is 6.09 Å². The molecule has 1 rings (SSSR count). The maximum absolute atomic E-state index is 10.1. The molecule has 0 spiro atoms. The normalized spacial score (nSPS) is 7.38. The zero-order valence-corrected chi connectivity index (χ0v) is 6.65. The standard InChI is InChI=1S/C7H7NO2.CHNO/c9-7(10)8-6-4-2-1-3-5-6;2-1-3/h1-5,8H,(H,9,10);2H. The van der Waals surface area contributed by atoms with E-state index in [9.17, 15) is 4.79 Å². The molecule has 0 aliphatic carbocycles. The van der Waals surface area contributed by atoms with Crippen molar-refractivity contribution in [3.8, 4) is 0 Å². The van der Waals surface area contributed by atoms with Gasteiger partial charge in [-0.15, -0.1) is 0 Å². The Bertz CT molecular complexity index is 292. The van der Waals surface area contributed by atoms with E-state index in [0.29, 0.717) is 5.69 Å². The lowest BCUT2D eigenvalue weighted by Gasteiger charge is -1.96. The molecular formula is C8H8N2O3. The molecule has 0 saturated heterocycles. The summed E-state index contributed by atoms with van der Waals surface area (Å²) in [5, 5.41) is 15.9. The van der Waals surface area contributed by atoms with Crippen molar-refractivity contribution < 1.29 is 14.7 Å². The maximum atomic E-state index is 10.1. The number of hydrogen-bond donors (Lipinski definition) is 3. The summed E-state index contributed by atoms with van der Waals surface area (Å²) in [4.78, 5) is 18.4. The van der Waals surface area contributed by atoms with Gasteiger partial charge in [0, 0.05) is 5.69 Å². The third kappa shape index (κ3) is 6.28. The van der Waals surface area contributed by atoms with Crippen molar-refractivity contribution in [2.24, 2.45) is 0 Å². The first-order valence-electron chi connectivity index (χ1n) is 3.29. The molecule has 5 nitrogen and oxygen atoms in total. The van der Waals surface area contributed by atoms with Crippen molar-refractivity contribution in [3.63, 3.8) is 0 Å². The molecule has 1 aromatic rings. The molecule has 0 aliphatic rings. The van der Waals surface area contributed by atoms with Crippen LogP contribution in [0.2, 0.25) is 0 Å². The predicted octanol–water partition coefficient (Wildman–Crippen LogP) is 1.68. The minimum atomic E-state index is -1.04. The van der Waals surface area contributed by atoms with Gasteiger partial charge in [-0.05, 0) is 12.1 Å². The number of carbonyl (C=O) groups excluding carboxylic acids is 1. The fourth-order valence-electron chi connectivity index (χ4n) is 0.645. The van der Waals surface area contributed by atoms with Crippen molar-refractivity contribution in [1.29, 1.82) is 5.41 Å². The number of nitrogens with one attached hydrogen (secondary N) is 2. The number of amides is 1. The molecule has 0 unspecified atom stereocenters. The second kappa shape index (κ2) is 6.57. The predicted molar refractivity (Wildman–Crippen MR) is 46.5 cm³/mol. The number of anilines is 1. The molecule has 0 aromatic heterocycles. The Morgan fingerprint density at radius 2 is 1.85 bits per heavy atom. The van der Waals surface area contributed by atoms with E-state index in [1.807, 2.05) is 6.07 Å². The molecule has 0 heterocycles. The molecule has 0 fully saturated rings. The van der Waals surface area contributed by atoms with Crippen LogP contribution >= 0.6 is 0 Å². The van der Waals surface area contributed by atoms with Crippen LogP contribution in [-0.2, 0) is 4.79 Å². The summed E-state index contributed by atoms with van der Waals surface area (Å²) in [6.45, 7) is 0. The molecule has 68 valence electrons. The van der Waals surface area contributed by atoms with Gasteiger partial charge in [-0.1, -0.05) is 18.2 Å². The number of para-hydroxylation sites is 1. The van der Waals surface area contributed by atoms with E-state index in [4.69, 9.17) is 15.3 Å². The highest BCUT2D eigenvalue weighted by atomic mass is 16.4. The summed E-state index contributed by atoms with van der Waals surface area (Å²) in [5.41, 5.74) is 0.593. The van der Waals surface area contributed by atoms with E-state index >= 15 is 0 Å². The van der Waals surface area contributed by atoms with Crippen LogP contribution in [-0.4, -0.2) is 17.3 Å². The lowest BCUT2D eigenvalue weighted by molar-refractivity contribution is 0.210. The largest absolute Gasteiger partial charge is 0.465 e. The van der Waals surface area contributed by atoms with Crippen LogP contribution in [0, 0.1) is 5.41 Å². The molecule has 1 amide bonds. The highest BCUT2D eigenvalue weighted by Crippen LogP contribution is 2.03. The third-order valence-electron chi connectivity index (χ3n) is 1.03. The highest BCUT2D eigenvalue weighted by Gasteiger charge is 1.92. The molecule has 0 bridgehead atoms. The summed E-state index contributed by atoms with van der Waals surface area (Å²) in [7, 11) is 0. The summed E-state index contributed by atoms with van der Waals surface area (Å²) >= 11 is 0. The molecule has 0 atom stereocenters. The summed E-state index contributed by atoms with van der Waals surface area (Å²) < 4.78 is 0. The molecule has 0 radical (unpaired) electrons. The number of carbonyl (C=O) groups is 1. The topological polar surface area (TPSA) is 90.2 Å².